The fraction of sp³-hybridized carbons (Fsp3) is 0.120. The van der Waals surface area contributed by atoms with Gasteiger partial charge in [-0.2, -0.15) is 0 Å². The molecule has 1 N–H and O–H groups in total. The highest BCUT2D eigenvalue weighted by molar-refractivity contribution is 8.26. The predicted octanol–water partition coefficient (Wildman–Crippen LogP) is 4.37. The van der Waals surface area contributed by atoms with Crippen molar-refractivity contribution in [2.24, 2.45) is 0 Å². The van der Waals surface area contributed by atoms with Crippen molar-refractivity contribution >= 4 is 46.3 Å². The van der Waals surface area contributed by atoms with Crippen LogP contribution in [0.2, 0.25) is 0 Å². The number of aliphatic carboxylic acids is 1. The Labute approximate surface area is 205 Å². The van der Waals surface area contributed by atoms with Gasteiger partial charge in [0, 0.05) is 18.2 Å². The number of hydrogen-bond acceptors (Lipinski definition) is 7. The van der Waals surface area contributed by atoms with Gasteiger partial charge in [-0.25, -0.2) is 4.79 Å². The largest absolute Gasteiger partial charge is 0.480 e. The number of amides is 1. The number of aromatic nitrogens is 1. The molecule has 0 spiro atoms. The second-order valence-electron chi connectivity index (χ2n) is 7.64. The third-order valence-electron chi connectivity index (χ3n) is 5.44. The number of thioether (sulfide) groups is 1. The van der Waals surface area contributed by atoms with E-state index in [0.717, 1.165) is 28.6 Å². The number of pyridine rings is 1. The maximum absolute atomic E-state index is 13.1. The summed E-state index contributed by atoms with van der Waals surface area (Å²) in [5.74, 6) is -0.140. The molecule has 0 saturated carbocycles. The van der Waals surface area contributed by atoms with Gasteiger partial charge in [-0.3, -0.25) is 14.7 Å². The molecule has 0 aliphatic carbocycles. The molecule has 34 heavy (non-hydrogen) atoms. The van der Waals surface area contributed by atoms with Gasteiger partial charge in [0.15, 0.2) is 11.5 Å². The minimum atomic E-state index is -1.10. The molecule has 5 rings (SSSR count). The SMILES string of the molecule is O=C(O)C(Cc1ccccc1)N1C(=O)C(=Cc2ccc(-c3ccc4c(c3)OCO4)nc2)SC1=S. The number of carbonyl (C=O) groups excluding carboxylic acids is 1. The van der Waals surface area contributed by atoms with Crippen molar-refractivity contribution in [2.75, 3.05) is 6.79 Å². The summed E-state index contributed by atoms with van der Waals surface area (Å²) in [6, 6.07) is 17.4. The first kappa shape index (κ1) is 22.1. The molecule has 0 bridgehead atoms. The lowest BCUT2D eigenvalue weighted by molar-refractivity contribution is -0.145. The van der Waals surface area contributed by atoms with E-state index >= 15 is 0 Å². The van der Waals surface area contributed by atoms with E-state index in [9.17, 15) is 14.7 Å². The summed E-state index contributed by atoms with van der Waals surface area (Å²) < 4.78 is 11.0. The zero-order valence-corrected chi connectivity index (χ0v) is 19.3. The topological polar surface area (TPSA) is 89.0 Å². The van der Waals surface area contributed by atoms with Crippen LogP contribution in [0, 0.1) is 0 Å². The van der Waals surface area contributed by atoms with Crippen LogP contribution in [-0.2, 0) is 16.0 Å². The van der Waals surface area contributed by atoms with Crippen molar-refractivity contribution in [1.29, 1.82) is 0 Å². The predicted molar refractivity (Wildman–Crippen MR) is 132 cm³/mol. The van der Waals surface area contributed by atoms with Crippen LogP contribution in [0.3, 0.4) is 0 Å². The van der Waals surface area contributed by atoms with Gasteiger partial charge in [0.25, 0.3) is 5.91 Å². The molecule has 1 atom stereocenters. The fourth-order valence-corrected chi connectivity index (χ4v) is 5.10. The van der Waals surface area contributed by atoms with E-state index in [2.05, 4.69) is 4.98 Å². The number of carboxylic acid groups (broad SMARTS) is 1. The van der Waals surface area contributed by atoms with Gasteiger partial charge in [-0.1, -0.05) is 60.4 Å². The number of carbonyl (C=O) groups is 2. The van der Waals surface area contributed by atoms with Crippen LogP contribution in [0.25, 0.3) is 17.3 Å². The lowest BCUT2D eigenvalue weighted by atomic mass is 10.0. The van der Waals surface area contributed by atoms with Gasteiger partial charge in [0.1, 0.15) is 10.4 Å². The summed E-state index contributed by atoms with van der Waals surface area (Å²) in [4.78, 5) is 31.1. The number of rotatable bonds is 6. The van der Waals surface area contributed by atoms with Crippen molar-refractivity contribution < 1.29 is 24.2 Å². The van der Waals surface area contributed by atoms with Gasteiger partial charge < -0.3 is 14.6 Å². The zero-order chi connectivity index (χ0) is 23.7. The maximum atomic E-state index is 13.1. The number of benzene rings is 2. The molecule has 2 aliphatic rings. The van der Waals surface area contributed by atoms with E-state index in [0.29, 0.717) is 22.0 Å². The molecular weight excluding hydrogens is 472 g/mol. The van der Waals surface area contributed by atoms with Crippen molar-refractivity contribution in [3.63, 3.8) is 0 Å². The number of nitrogens with zero attached hydrogens (tertiary/aromatic N) is 2. The average molecular weight is 491 g/mol. The molecule has 1 fully saturated rings. The van der Waals surface area contributed by atoms with E-state index < -0.39 is 17.9 Å². The Morgan fingerprint density at radius 1 is 1.15 bits per heavy atom. The summed E-state index contributed by atoms with van der Waals surface area (Å²) in [5.41, 5.74) is 3.15. The number of fused-ring (bicyclic) bond motifs is 1. The van der Waals surface area contributed by atoms with E-state index in [1.165, 1.54) is 4.90 Å². The molecule has 9 heteroatoms. The lowest BCUT2D eigenvalue weighted by Crippen LogP contribution is -2.45. The number of hydrogen-bond donors (Lipinski definition) is 1. The van der Waals surface area contributed by atoms with Gasteiger partial charge in [0.2, 0.25) is 6.79 Å². The van der Waals surface area contributed by atoms with Crippen molar-refractivity contribution in [3.8, 4) is 22.8 Å². The summed E-state index contributed by atoms with van der Waals surface area (Å²) in [5, 5.41) is 9.79. The number of ether oxygens (including phenoxy) is 2. The van der Waals surface area contributed by atoms with Crippen molar-refractivity contribution in [2.45, 2.75) is 12.5 Å². The molecule has 3 heterocycles. The van der Waals surface area contributed by atoms with E-state index in [4.69, 9.17) is 21.7 Å². The van der Waals surface area contributed by atoms with Gasteiger partial charge in [0.05, 0.1) is 10.6 Å². The number of thiocarbonyl (C=S) groups is 1. The number of carboxylic acids is 1. The molecule has 1 amide bonds. The second-order valence-corrected chi connectivity index (χ2v) is 9.32. The Hall–Kier alpha value is -3.69. The molecule has 1 unspecified atom stereocenters. The van der Waals surface area contributed by atoms with Crippen LogP contribution >= 0.6 is 24.0 Å². The Bertz CT molecular complexity index is 1310. The Morgan fingerprint density at radius 3 is 2.68 bits per heavy atom. The molecule has 0 radical (unpaired) electrons. The first-order chi connectivity index (χ1) is 16.5. The Kier molecular flexibility index (Phi) is 6.04. The Morgan fingerprint density at radius 2 is 1.94 bits per heavy atom. The van der Waals surface area contributed by atoms with E-state index in [1.807, 2.05) is 60.7 Å². The van der Waals surface area contributed by atoms with Crippen LogP contribution in [0.5, 0.6) is 11.5 Å². The smallest absolute Gasteiger partial charge is 0.327 e. The summed E-state index contributed by atoms with van der Waals surface area (Å²) >= 11 is 6.47. The third kappa shape index (κ3) is 4.40. The van der Waals surface area contributed by atoms with Crippen LogP contribution < -0.4 is 9.47 Å². The van der Waals surface area contributed by atoms with Gasteiger partial charge in [-0.15, -0.1) is 0 Å². The third-order valence-corrected chi connectivity index (χ3v) is 6.78. The fourth-order valence-electron chi connectivity index (χ4n) is 3.74. The highest BCUT2D eigenvalue weighted by atomic mass is 32.2. The molecule has 2 aromatic carbocycles. The first-order valence-electron chi connectivity index (χ1n) is 10.4. The Balaban J connectivity index is 1.35. The van der Waals surface area contributed by atoms with Gasteiger partial charge >= 0.3 is 5.97 Å². The molecule has 170 valence electrons. The van der Waals surface area contributed by atoms with Crippen LogP contribution in [-0.4, -0.2) is 44.0 Å². The normalized spacial score (nSPS) is 16.8. The van der Waals surface area contributed by atoms with Crippen molar-refractivity contribution in [3.05, 3.63) is 82.9 Å². The van der Waals surface area contributed by atoms with E-state index in [-0.39, 0.29) is 17.5 Å². The highest BCUT2D eigenvalue weighted by Crippen LogP contribution is 2.36. The molecule has 1 aromatic heterocycles. The first-order valence-corrected chi connectivity index (χ1v) is 11.6. The molecular formula is C25H18N2O5S2. The van der Waals surface area contributed by atoms with Crippen LogP contribution in [0.15, 0.2) is 71.8 Å². The van der Waals surface area contributed by atoms with Crippen LogP contribution in [0.1, 0.15) is 11.1 Å². The average Bonchev–Trinajstić information content (AvgIpc) is 3.42. The molecule has 1 saturated heterocycles. The monoisotopic (exact) mass is 490 g/mol. The summed E-state index contributed by atoms with van der Waals surface area (Å²) in [6.07, 6.45) is 3.50. The minimum absolute atomic E-state index is 0.168. The molecule has 7 nitrogen and oxygen atoms in total. The quantitative estimate of drug-likeness (QED) is 0.402. The van der Waals surface area contributed by atoms with Gasteiger partial charge in [-0.05, 0) is 41.5 Å². The lowest BCUT2D eigenvalue weighted by Gasteiger charge is -2.23. The standard InChI is InChI=1S/C25H18N2O5S2/c28-23-22(34-25(33)27(23)19(24(29)30)10-15-4-2-1-3-5-15)11-16-6-8-18(26-13-16)17-7-9-20-21(12-17)32-14-31-20/h1-9,11-13,19H,10,14H2,(H,29,30). The summed E-state index contributed by atoms with van der Waals surface area (Å²) in [6.45, 7) is 0.206. The molecule has 3 aromatic rings. The highest BCUT2D eigenvalue weighted by Gasteiger charge is 2.40. The second kappa shape index (κ2) is 9.28. The molecule has 2 aliphatic heterocycles. The maximum Gasteiger partial charge on any atom is 0.327 e. The van der Waals surface area contributed by atoms with Crippen LogP contribution in [0.4, 0.5) is 0 Å². The summed E-state index contributed by atoms with van der Waals surface area (Å²) in [7, 11) is 0. The minimum Gasteiger partial charge on any atom is -0.480 e. The zero-order valence-electron chi connectivity index (χ0n) is 17.7. The van der Waals surface area contributed by atoms with Crippen molar-refractivity contribution in [1.82, 2.24) is 9.88 Å². The van der Waals surface area contributed by atoms with E-state index in [1.54, 1.807) is 12.3 Å².